The number of oxime groups is 1. The number of hydrogen-bond donors (Lipinski definition) is 2. The van der Waals surface area contributed by atoms with Crippen molar-refractivity contribution >= 4 is 11.7 Å². The summed E-state index contributed by atoms with van der Waals surface area (Å²) < 4.78 is 0. The summed E-state index contributed by atoms with van der Waals surface area (Å²) in [6, 6.07) is -0.0219. The van der Waals surface area contributed by atoms with E-state index < -0.39 is 0 Å². The summed E-state index contributed by atoms with van der Waals surface area (Å²) in [4.78, 5) is 16.8. The molecule has 0 bridgehead atoms. The SMILES string of the molecule is CCC(C(N)=NO)N1CCN(C(=O)C2CC3CC3C2)CC1. The molecule has 3 N–H and O–H groups in total. The van der Waals surface area contributed by atoms with Gasteiger partial charge >= 0.3 is 0 Å². The number of nitrogens with zero attached hydrogens (tertiary/aromatic N) is 3. The van der Waals surface area contributed by atoms with Crippen LogP contribution >= 0.6 is 0 Å². The van der Waals surface area contributed by atoms with Crippen LogP contribution in [0.5, 0.6) is 0 Å². The maximum atomic E-state index is 12.5. The Morgan fingerprint density at radius 1 is 1.24 bits per heavy atom. The molecule has 3 fully saturated rings. The zero-order valence-corrected chi connectivity index (χ0v) is 12.7. The largest absolute Gasteiger partial charge is 0.409 e. The lowest BCUT2D eigenvalue weighted by Gasteiger charge is -2.39. The predicted octanol–water partition coefficient (Wildman–Crippen LogP) is 0.702. The van der Waals surface area contributed by atoms with Gasteiger partial charge in [0.1, 0.15) is 0 Å². The molecule has 2 aliphatic carbocycles. The molecular weight excluding hydrogens is 268 g/mol. The number of carbonyl (C=O) groups is 1. The minimum atomic E-state index is -0.0219. The number of hydrogen-bond acceptors (Lipinski definition) is 4. The molecule has 21 heavy (non-hydrogen) atoms. The van der Waals surface area contributed by atoms with Crippen LogP contribution in [0, 0.1) is 17.8 Å². The lowest BCUT2D eigenvalue weighted by molar-refractivity contribution is -0.137. The van der Waals surface area contributed by atoms with Gasteiger partial charge in [0.15, 0.2) is 5.84 Å². The van der Waals surface area contributed by atoms with E-state index in [2.05, 4.69) is 10.1 Å². The molecule has 1 heterocycles. The molecular formula is C15H26N4O2. The van der Waals surface area contributed by atoms with E-state index in [1.165, 1.54) is 6.42 Å². The monoisotopic (exact) mass is 294 g/mol. The van der Waals surface area contributed by atoms with E-state index in [0.717, 1.165) is 57.3 Å². The Morgan fingerprint density at radius 2 is 1.86 bits per heavy atom. The average Bonchev–Trinajstić information content (AvgIpc) is 3.13. The number of piperazine rings is 1. The van der Waals surface area contributed by atoms with Crippen LogP contribution in [0.3, 0.4) is 0 Å². The van der Waals surface area contributed by atoms with Crippen molar-refractivity contribution in [1.82, 2.24) is 9.80 Å². The van der Waals surface area contributed by atoms with Crippen molar-refractivity contribution in [3.8, 4) is 0 Å². The maximum Gasteiger partial charge on any atom is 0.225 e. The minimum Gasteiger partial charge on any atom is -0.409 e. The van der Waals surface area contributed by atoms with E-state index in [1.807, 2.05) is 11.8 Å². The maximum absolute atomic E-state index is 12.5. The fourth-order valence-corrected chi connectivity index (χ4v) is 4.15. The van der Waals surface area contributed by atoms with Gasteiger partial charge in [0.05, 0.1) is 6.04 Å². The third-order valence-electron chi connectivity index (χ3n) is 5.50. The molecule has 0 aromatic heterocycles. The molecule has 3 aliphatic rings. The first-order valence-corrected chi connectivity index (χ1v) is 8.14. The van der Waals surface area contributed by atoms with Gasteiger partial charge in [-0.1, -0.05) is 12.1 Å². The van der Waals surface area contributed by atoms with Crippen molar-refractivity contribution in [3.05, 3.63) is 0 Å². The van der Waals surface area contributed by atoms with E-state index in [9.17, 15) is 4.79 Å². The van der Waals surface area contributed by atoms with Gasteiger partial charge in [-0.15, -0.1) is 0 Å². The zero-order valence-electron chi connectivity index (χ0n) is 12.7. The van der Waals surface area contributed by atoms with Gasteiger partial charge in [0, 0.05) is 32.1 Å². The Hall–Kier alpha value is -1.30. The fourth-order valence-electron chi connectivity index (χ4n) is 4.15. The molecule has 0 aromatic rings. The second-order valence-corrected chi connectivity index (χ2v) is 6.73. The van der Waals surface area contributed by atoms with E-state index in [1.54, 1.807) is 0 Å². The van der Waals surface area contributed by atoms with Crippen molar-refractivity contribution in [2.45, 2.75) is 38.6 Å². The number of rotatable bonds is 4. The highest BCUT2D eigenvalue weighted by Gasteiger charge is 2.49. The lowest BCUT2D eigenvalue weighted by Crippen LogP contribution is -2.55. The molecule has 3 atom stereocenters. The molecule has 3 unspecified atom stereocenters. The molecule has 3 rings (SSSR count). The first-order chi connectivity index (χ1) is 10.1. The average molecular weight is 294 g/mol. The lowest BCUT2D eigenvalue weighted by atomic mass is 10.0. The topological polar surface area (TPSA) is 82.2 Å². The van der Waals surface area contributed by atoms with Crippen LogP contribution in [0.25, 0.3) is 0 Å². The summed E-state index contributed by atoms with van der Waals surface area (Å²) in [6.45, 7) is 5.17. The van der Waals surface area contributed by atoms with Crippen LogP contribution < -0.4 is 5.73 Å². The Balaban J connectivity index is 1.51. The van der Waals surface area contributed by atoms with Crippen LogP contribution in [0.1, 0.15) is 32.6 Å². The third kappa shape index (κ3) is 2.86. The van der Waals surface area contributed by atoms with Crippen LogP contribution in [-0.2, 0) is 4.79 Å². The number of amidine groups is 1. The molecule has 1 saturated heterocycles. The molecule has 6 heteroatoms. The second kappa shape index (κ2) is 5.83. The van der Waals surface area contributed by atoms with E-state index in [4.69, 9.17) is 10.9 Å². The highest BCUT2D eigenvalue weighted by Crippen LogP contribution is 2.54. The second-order valence-electron chi connectivity index (χ2n) is 6.73. The van der Waals surface area contributed by atoms with Gasteiger partial charge in [0.25, 0.3) is 0 Å². The highest BCUT2D eigenvalue weighted by atomic mass is 16.4. The summed E-state index contributed by atoms with van der Waals surface area (Å²) in [5.41, 5.74) is 5.75. The summed E-state index contributed by atoms with van der Waals surface area (Å²) in [5, 5.41) is 12.0. The molecule has 0 radical (unpaired) electrons. The predicted molar refractivity (Wildman–Crippen MR) is 80.0 cm³/mol. The van der Waals surface area contributed by atoms with Crippen molar-refractivity contribution < 1.29 is 10.0 Å². The van der Waals surface area contributed by atoms with Crippen LogP contribution in [0.15, 0.2) is 5.16 Å². The fraction of sp³-hybridized carbons (Fsp3) is 0.867. The summed E-state index contributed by atoms with van der Waals surface area (Å²) in [6.07, 6.45) is 4.40. The number of nitrogens with two attached hydrogens (primary N) is 1. The standard InChI is InChI=1S/C15H26N4O2/c1-2-13(14(16)17-21)18-3-5-19(6-4-18)15(20)12-8-10-7-11(10)9-12/h10-13,21H,2-9H2,1H3,(H2,16,17). The van der Waals surface area contributed by atoms with Gasteiger partial charge in [-0.05, 0) is 37.5 Å². The van der Waals surface area contributed by atoms with Crippen LogP contribution in [0.4, 0.5) is 0 Å². The van der Waals surface area contributed by atoms with E-state index >= 15 is 0 Å². The molecule has 1 aliphatic heterocycles. The number of carbonyl (C=O) groups excluding carboxylic acids is 1. The Morgan fingerprint density at radius 3 is 2.38 bits per heavy atom. The zero-order chi connectivity index (χ0) is 15.0. The van der Waals surface area contributed by atoms with Gasteiger partial charge in [-0.3, -0.25) is 9.69 Å². The Labute approximate surface area is 125 Å². The normalized spacial score (nSPS) is 34.6. The summed E-state index contributed by atoms with van der Waals surface area (Å²) in [5.74, 6) is 2.62. The minimum absolute atomic E-state index is 0.0219. The Kier molecular flexibility index (Phi) is 4.06. The quantitative estimate of drug-likeness (QED) is 0.346. The Bertz CT molecular complexity index is 421. The van der Waals surface area contributed by atoms with Gasteiger partial charge in [-0.2, -0.15) is 0 Å². The van der Waals surface area contributed by atoms with Crippen molar-refractivity contribution in [3.63, 3.8) is 0 Å². The molecule has 2 saturated carbocycles. The highest BCUT2D eigenvalue weighted by molar-refractivity contribution is 5.85. The number of amides is 1. The molecule has 118 valence electrons. The van der Waals surface area contributed by atoms with Gasteiger partial charge in [0.2, 0.25) is 5.91 Å². The van der Waals surface area contributed by atoms with Gasteiger partial charge in [-0.25, -0.2) is 0 Å². The van der Waals surface area contributed by atoms with E-state index in [0.29, 0.717) is 5.91 Å². The summed E-state index contributed by atoms with van der Waals surface area (Å²) >= 11 is 0. The first-order valence-electron chi connectivity index (χ1n) is 8.14. The summed E-state index contributed by atoms with van der Waals surface area (Å²) in [7, 11) is 0. The third-order valence-corrected chi connectivity index (χ3v) is 5.50. The molecule has 1 amide bonds. The number of fused-ring (bicyclic) bond motifs is 1. The first kappa shape index (κ1) is 14.6. The van der Waals surface area contributed by atoms with Crippen molar-refractivity contribution in [2.75, 3.05) is 26.2 Å². The molecule has 6 nitrogen and oxygen atoms in total. The van der Waals surface area contributed by atoms with Crippen LogP contribution in [0.2, 0.25) is 0 Å². The van der Waals surface area contributed by atoms with Crippen LogP contribution in [-0.4, -0.2) is 59.0 Å². The van der Waals surface area contributed by atoms with E-state index in [-0.39, 0.29) is 17.8 Å². The molecule has 0 aromatic carbocycles. The molecule has 0 spiro atoms. The van der Waals surface area contributed by atoms with Gasteiger partial charge < -0.3 is 15.8 Å². The smallest absolute Gasteiger partial charge is 0.225 e. The van der Waals surface area contributed by atoms with Crippen molar-refractivity contribution in [2.24, 2.45) is 28.6 Å². The van der Waals surface area contributed by atoms with Crippen molar-refractivity contribution in [1.29, 1.82) is 0 Å².